The lowest BCUT2D eigenvalue weighted by atomic mass is 10.2. The molecule has 7 nitrogen and oxygen atoms in total. The highest BCUT2D eigenvalue weighted by molar-refractivity contribution is 7.89. The molecule has 8 heteroatoms. The Balaban J connectivity index is 1.74. The summed E-state index contributed by atoms with van der Waals surface area (Å²) in [5.41, 5.74) is 3.17. The Kier molecular flexibility index (Phi) is 5.55. The van der Waals surface area contributed by atoms with Gasteiger partial charge in [-0.15, -0.1) is 0 Å². The van der Waals surface area contributed by atoms with E-state index in [1.165, 1.54) is 4.31 Å². The van der Waals surface area contributed by atoms with Crippen LogP contribution < -0.4 is 4.90 Å². The molecule has 2 heterocycles. The Morgan fingerprint density at radius 3 is 2.62 bits per heavy atom. The summed E-state index contributed by atoms with van der Waals surface area (Å²) in [6, 6.07) is 5.36. The van der Waals surface area contributed by atoms with Crippen LogP contribution in [-0.2, 0) is 34.1 Å². The third-order valence-electron chi connectivity index (χ3n) is 4.48. The van der Waals surface area contributed by atoms with Crippen molar-refractivity contribution in [3.63, 3.8) is 0 Å². The van der Waals surface area contributed by atoms with E-state index in [1.54, 1.807) is 33.3 Å². The first kappa shape index (κ1) is 18.8. The molecule has 3 rings (SSSR count). The van der Waals surface area contributed by atoms with Gasteiger partial charge in [-0.25, -0.2) is 22.7 Å². The molecule has 0 N–H and O–H groups in total. The summed E-state index contributed by atoms with van der Waals surface area (Å²) < 4.78 is 30.9. The van der Waals surface area contributed by atoms with Gasteiger partial charge < -0.3 is 9.64 Å². The topological polar surface area (TPSA) is 75.6 Å². The minimum absolute atomic E-state index is 0.342. The quantitative estimate of drug-likeness (QED) is 0.729. The second-order valence-electron chi connectivity index (χ2n) is 6.50. The number of ether oxygens (including phenoxy) is 1. The third-order valence-corrected chi connectivity index (χ3v) is 6.29. The van der Waals surface area contributed by atoms with Crippen molar-refractivity contribution >= 4 is 15.7 Å². The molecule has 0 bridgehead atoms. The van der Waals surface area contributed by atoms with Gasteiger partial charge in [0.05, 0.1) is 11.5 Å². The summed E-state index contributed by atoms with van der Waals surface area (Å²) >= 11 is 0. The largest absolute Gasteiger partial charge is 0.384 e. The van der Waals surface area contributed by atoms with Gasteiger partial charge in [-0.1, -0.05) is 0 Å². The van der Waals surface area contributed by atoms with Crippen molar-refractivity contribution in [1.29, 1.82) is 0 Å². The van der Waals surface area contributed by atoms with Crippen LogP contribution >= 0.6 is 0 Å². The van der Waals surface area contributed by atoms with Crippen LogP contribution in [0.5, 0.6) is 0 Å². The molecule has 0 amide bonds. The van der Waals surface area contributed by atoms with E-state index in [-0.39, 0.29) is 0 Å². The summed E-state index contributed by atoms with van der Waals surface area (Å²) in [6.45, 7) is 2.17. The number of hydrogen-bond donors (Lipinski definition) is 0. The predicted octanol–water partition coefficient (Wildman–Crippen LogP) is 1.48. The summed E-state index contributed by atoms with van der Waals surface area (Å²) in [4.78, 5) is 11.3. The normalized spacial score (nSPS) is 14.1. The number of fused-ring (bicyclic) bond motifs is 1. The molecule has 0 saturated heterocycles. The Hall–Kier alpha value is -2.03. The van der Waals surface area contributed by atoms with E-state index in [9.17, 15) is 8.42 Å². The van der Waals surface area contributed by atoms with Crippen LogP contribution in [0.25, 0.3) is 0 Å². The highest BCUT2D eigenvalue weighted by Crippen LogP contribution is 2.31. The standard InChI is InChI=1S/C18H24N4O3S/c1-21(2)26(23,24)16-4-5-17-15(10-16)6-8-22(17)13-14-11-19-18(20-12-14)7-9-25-3/h4-5,10-12H,6-9,13H2,1-3H3. The Bertz CT molecular complexity index is 867. The first-order valence-corrected chi connectivity index (χ1v) is 9.95. The van der Waals surface area contributed by atoms with Gasteiger partial charge in [0.15, 0.2) is 0 Å². The molecule has 0 atom stereocenters. The monoisotopic (exact) mass is 376 g/mol. The Morgan fingerprint density at radius 2 is 1.96 bits per heavy atom. The van der Waals surface area contributed by atoms with E-state index < -0.39 is 10.0 Å². The summed E-state index contributed by atoms with van der Waals surface area (Å²) in [5, 5.41) is 0. The number of aromatic nitrogens is 2. The van der Waals surface area contributed by atoms with Crippen molar-refractivity contribution in [2.75, 3.05) is 39.3 Å². The zero-order chi connectivity index (χ0) is 18.7. The average molecular weight is 376 g/mol. The molecule has 0 saturated carbocycles. The van der Waals surface area contributed by atoms with Crippen LogP contribution in [0.15, 0.2) is 35.5 Å². The maximum absolute atomic E-state index is 12.3. The second kappa shape index (κ2) is 7.69. The molecule has 140 valence electrons. The molecular formula is C18H24N4O3S. The van der Waals surface area contributed by atoms with Crippen LogP contribution in [0.3, 0.4) is 0 Å². The molecule has 1 aliphatic rings. The number of hydrogen-bond acceptors (Lipinski definition) is 6. The van der Waals surface area contributed by atoms with Crippen molar-refractivity contribution in [2.45, 2.75) is 24.3 Å². The number of nitrogens with zero attached hydrogens (tertiary/aromatic N) is 4. The van der Waals surface area contributed by atoms with Crippen LogP contribution in [0, 0.1) is 0 Å². The van der Waals surface area contributed by atoms with E-state index in [4.69, 9.17) is 4.74 Å². The van der Waals surface area contributed by atoms with Gasteiger partial charge in [-0.3, -0.25) is 0 Å². The SMILES string of the molecule is COCCc1ncc(CN2CCc3cc(S(=O)(=O)N(C)C)ccc32)cn1. The predicted molar refractivity (Wildman–Crippen MR) is 99.7 cm³/mol. The fraction of sp³-hybridized carbons (Fsp3) is 0.444. The van der Waals surface area contributed by atoms with E-state index in [2.05, 4.69) is 14.9 Å². The number of anilines is 1. The minimum Gasteiger partial charge on any atom is -0.384 e. The highest BCUT2D eigenvalue weighted by Gasteiger charge is 2.24. The fourth-order valence-corrected chi connectivity index (χ4v) is 3.94. The first-order chi connectivity index (χ1) is 12.4. The summed E-state index contributed by atoms with van der Waals surface area (Å²) in [7, 11) is 1.35. The number of rotatable bonds is 7. The van der Waals surface area contributed by atoms with E-state index in [0.29, 0.717) is 24.5 Å². The molecule has 0 spiro atoms. The summed E-state index contributed by atoms with van der Waals surface area (Å²) in [5.74, 6) is 0.774. The van der Waals surface area contributed by atoms with E-state index in [1.807, 2.05) is 18.5 Å². The lowest BCUT2D eigenvalue weighted by Gasteiger charge is -2.20. The maximum Gasteiger partial charge on any atom is 0.242 e. The van der Waals surface area contributed by atoms with Crippen LogP contribution in [-0.4, -0.2) is 57.0 Å². The van der Waals surface area contributed by atoms with Crippen LogP contribution in [0.2, 0.25) is 0 Å². The maximum atomic E-state index is 12.3. The fourth-order valence-electron chi connectivity index (χ4n) is 2.99. The zero-order valence-corrected chi connectivity index (χ0v) is 16.2. The van der Waals surface area contributed by atoms with Crippen molar-refractivity contribution in [3.05, 3.63) is 47.5 Å². The lowest BCUT2D eigenvalue weighted by Crippen LogP contribution is -2.22. The molecule has 1 aromatic heterocycles. The molecule has 0 aliphatic carbocycles. The lowest BCUT2D eigenvalue weighted by molar-refractivity contribution is 0.200. The van der Waals surface area contributed by atoms with Gasteiger partial charge in [0.25, 0.3) is 0 Å². The van der Waals surface area contributed by atoms with Crippen molar-refractivity contribution < 1.29 is 13.2 Å². The molecular weight excluding hydrogens is 352 g/mol. The Morgan fingerprint density at radius 1 is 1.23 bits per heavy atom. The van der Waals surface area contributed by atoms with Gasteiger partial charge in [-0.05, 0) is 30.2 Å². The molecule has 1 aromatic carbocycles. The third kappa shape index (κ3) is 3.87. The van der Waals surface area contributed by atoms with E-state index >= 15 is 0 Å². The number of methoxy groups -OCH3 is 1. The van der Waals surface area contributed by atoms with Gasteiger partial charge in [0.2, 0.25) is 10.0 Å². The molecule has 0 radical (unpaired) electrons. The zero-order valence-electron chi connectivity index (χ0n) is 15.3. The van der Waals surface area contributed by atoms with E-state index in [0.717, 1.165) is 35.6 Å². The number of benzene rings is 1. The van der Waals surface area contributed by atoms with Gasteiger partial charge >= 0.3 is 0 Å². The van der Waals surface area contributed by atoms with Gasteiger partial charge in [0.1, 0.15) is 5.82 Å². The molecule has 0 unspecified atom stereocenters. The number of sulfonamides is 1. The summed E-state index contributed by atoms with van der Waals surface area (Å²) in [6.07, 6.45) is 5.23. The van der Waals surface area contributed by atoms with Gasteiger partial charge in [0, 0.05) is 64.4 Å². The van der Waals surface area contributed by atoms with Crippen molar-refractivity contribution in [2.24, 2.45) is 0 Å². The van der Waals surface area contributed by atoms with Crippen molar-refractivity contribution in [1.82, 2.24) is 14.3 Å². The molecule has 1 aliphatic heterocycles. The second-order valence-corrected chi connectivity index (χ2v) is 8.65. The smallest absolute Gasteiger partial charge is 0.242 e. The molecule has 0 fully saturated rings. The minimum atomic E-state index is -3.40. The van der Waals surface area contributed by atoms with Crippen molar-refractivity contribution in [3.8, 4) is 0 Å². The Labute approximate surface area is 154 Å². The van der Waals surface area contributed by atoms with Crippen LogP contribution in [0.1, 0.15) is 17.0 Å². The molecule has 26 heavy (non-hydrogen) atoms. The van der Waals surface area contributed by atoms with Gasteiger partial charge in [-0.2, -0.15) is 0 Å². The van der Waals surface area contributed by atoms with Crippen LogP contribution in [0.4, 0.5) is 5.69 Å². The average Bonchev–Trinajstić information content (AvgIpc) is 3.03. The molecule has 2 aromatic rings. The first-order valence-electron chi connectivity index (χ1n) is 8.51. The highest BCUT2D eigenvalue weighted by atomic mass is 32.2.